The van der Waals surface area contributed by atoms with E-state index in [-0.39, 0.29) is 18.6 Å². The Kier molecular flexibility index (Phi) is 6.12. The van der Waals surface area contributed by atoms with Gasteiger partial charge in [0, 0.05) is 11.7 Å². The second-order valence-electron chi connectivity index (χ2n) is 7.06. The molecular weight excluding hydrogens is 392 g/mol. The molecule has 0 aliphatic carbocycles. The van der Waals surface area contributed by atoms with E-state index in [1.165, 1.54) is 5.56 Å². The molecule has 0 fully saturated rings. The molecular formula is C24H24N4O3. The van der Waals surface area contributed by atoms with Crippen LogP contribution in [-0.4, -0.2) is 34.1 Å². The maximum atomic E-state index is 11.4. The summed E-state index contributed by atoms with van der Waals surface area (Å²) in [4.78, 5) is 23.6. The quantitative estimate of drug-likeness (QED) is 0.403. The molecule has 2 aromatic carbocycles. The summed E-state index contributed by atoms with van der Waals surface area (Å²) in [6, 6.07) is 19.9. The summed E-state index contributed by atoms with van der Waals surface area (Å²) in [5.74, 6) is 0.996. The molecule has 2 N–H and O–H groups in total. The van der Waals surface area contributed by atoms with E-state index in [0.29, 0.717) is 12.4 Å². The number of hydrogen-bond acceptors (Lipinski definition) is 6. The van der Waals surface area contributed by atoms with E-state index in [0.717, 1.165) is 28.1 Å². The van der Waals surface area contributed by atoms with Crippen molar-refractivity contribution >= 4 is 22.8 Å². The van der Waals surface area contributed by atoms with E-state index >= 15 is 0 Å². The molecule has 0 bridgehead atoms. The number of nitrogens with one attached hydrogen (secondary N) is 2. The first kappa shape index (κ1) is 20.4. The average Bonchev–Trinajstić information content (AvgIpc) is 3.24. The minimum absolute atomic E-state index is 0.105. The van der Waals surface area contributed by atoms with E-state index in [9.17, 15) is 4.79 Å². The minimum atomic E-state index is -0.384. The zero-order valence-corrected chi connectivity index (χ0v) is 17.5. The molecule has 158 valence electrons. The number of benzene rings is 2. The Hall–Kier alpha value is -3.87. The van der Waals surface area contributed by atoms with Crippen LogP contribution in [0.25, 0.3) is 22.3 Å². The topological polar surface area (TPSA) is 89.1 Å². The number of rotatable bonds is 8. The van der Waals surface area contributed by atoms with Gasteiger partial charge in [-0.1, -0.05) is 30.3 Å². The van der Waals surface area contributed by atoms with Crippen molar-refractivity contribution in [2.24, 2.45) is 0 Å². The number of hydrogen-bond donors (Lipinski definition) is 2. The van der Waals surface area contributed by atoms with Gasteiger partial charge in [0.25, 0.3) is 0 Å². The summed E-state index contributed by atoms with van der Waals surface area (Å²) in [6.45, 7) is 4.10. The van der Waals surface area contributed by atoms with Gasteiger partial charge in [0.15, 0.2) is 6.61 Å². The Morgan fingerprint density at radius 1 is 1.10 bits per heavy atom. The molecule has 4 rings (SSSR count). The summed E-state index contributed by atoms with van der Waals surface area (Å²) in [6.07, 6.45) is 1.55. The Balaban J connectivity index is 1.52. The predicted molar refractivity (Wildman–Crippen MR) is 120 cm³/mol. The molecule has 0 saturated heterocycles. The molecule has 1 atom stereocenters. The first-order chi connectivity index (χ1) is 15.1. The van der Waals surface area contributed by atoms with Crippen molar-refractivity contribution in [1.29, 1.82) is 0 Å². The largest absolute Gasteiger partial charge is 0.482 e. The fourth-order valence-electron chi connectivity index (χ4n) is 3.32. The molecule has 1 unspecified atom stereocenters. The van der Waals surface area contributed by atoms with Gasteiger partial charge in [-0.15, -0.1) is 0 Å². The summed E-state index contributed by atoms with van der Waals surface area (Å²) in [5.41, 5.74) is 3.84. The van der Waals surface area contributed by atoms with Gasteiger partial charge in [0.05, 0.1) is 12.0 Å². The number of H-pyrrole nitrogens is 1. The maximum absolute atomic E-state index is 11.4. The second-order valence-corrected chi connectivity index (χ2v) is 7.06. The molecule has 2 aromatic heterocycles. The van der Waals surface area contributed by atoms with Crippen LogP contribution in [0.4, 0.5) is 5.82 Å². The SMILES string of the molecule is CCOC(=O)COc1ccc(-c2cc3c(NC(C)c4ccccc4)ncnc3[nH]2)cc1. The summed E-state index contributed by atoms with van der Waals surface area (Å²) < 4.78 is 10.3. The van der Waals surface area contributed by atoms with E-state index < -0.39 is 0 Å². The van der Waals surface area contributed by atoms with Gasteiger partial charge in [-0.05, 0) is 55.3 Å². The number of fused-ring (bicyclic) bond motifs is 1. The van der Waals surface area contributed by atoms with Crippen molar-refractivity contribution in [1.82, 2.24) is 15.0 Å². The van der Waals surface area contributed by atoms with Gasteiger partial charge in [-0.3, -0.25) is 0 Å². The molecule has 0 radical (unpaired) electrons. The number of ether oxygens (including phenoxy) is 2. The molecule has 7 nitrogen and oxygen atoms in total. The first-order valence-electron chi connectivity index (χ1n) is 10.2. The number of anilines is 1. The lowest BCUT2D eigenvalue weighted by Gasteiger charge is -2.15. The van der Waals surface area contributed by atoms with Crippen LogP contribution in [0.15, 0.2) is 67.0 Å². The smallest absolute Gasteiger partial charge is 0.344 e. The monoisotopic (exact) mass is 416 g/mol. The van der Waals surface area contributed by atoms with E-state index in [4.69, 9.17) is 9.47 Å². The Labute approximate surface area is 180 Å². The highest BCUT2D eigenvalue weighted by molar-refractivity contribution is 5.91. The van der Waals surface area contributed by atoms with Crippen LogP contribution in [-0.2, 0) is 9.53 Å². The number of carbonyl (C=O) groups is 1. The fourth-order valence-corrected chi connectivity index (χ4v) is 3.32. The molecule has 0 spiro atoms. The van der Waals surface area contributed by atoms with Crippen molar-refractivity contribution < 1.29 is 14.3 Å². The fraction of sp³-hybridized carbons (Fsp3) is 0.208. The lowest BCUT2D eigenvalue weighted by Crippen LogP contribution is -2.14. The zero-order valence-electron chi connectivity index (χ0n) is 17.5. The van der Waals surface area contributed by atoms with Gasteiger partial charge in [0.1, 0.15) is 23.5 Å². The third-order valence-corrected chi connectivity index (χ3v) is 4.91. The average molecular weight is 416 g/mol. The summed E-state index contributed by atoms with van der Waals surface area (Å²) in [7, 11) is 0. The van der Waals surface area contributed by atoms with Gasteiger partial charge in [-0.2, -0.15) is 0 Å². The number of aromatic amines is 1. The van der Waals surface area contributed by atoms with Crippen molar-refractivity contribution in [3.63, 3.8) is 0 Å². The summed E-state index contributed by atoms with van der Waals surface area (Å²) in [5, 5.41) is 4.40. The lowest BCUT2D eigenvalue weighted by molar-refractivity contribution is -0.145. The normalized spacial score (nSPS) is 11.8. The number of carbonyl (C=O) groups excluding carboxylic acids is 1. The highest BCUT2D eigenvalue weighted by Gasteiger charge is 2.13. The molecule has 0 aliphatic heterocycles. The molecule has 0 amide bonds. The summed E-state index contributed by atoms with van der Waals surface area (Å²) >= 11 is 0. The molecule has 0 aliphatic rings. The van der Waals surface area contributed by atoms with Crippen LogP contribution in [0, 0.1) is 0 Å². The molecule has 2 heterocycles. The number of aromatic nitrogens is 3. The minimum Gasteiger partial charge on any atom is -0.482 e. The van der Waals surface area contributed by atoms with Crippen molar-refractivity contribution in [3.05, 3.63) is 72.6 Å². The zero-order chi connectivity index (χ0) is 21.6. The van der Waals surface area contributed by atoms with Gasteiger partial charge in [-0.25, -0.2) is 14.8 Å². The van der Waals surface area contributed by atoms with Crippen LogP contribution in [0.2, 0.25) is 0 Å². The van der Waals surface area contributed by atoms with Crippen LogP contribution < -0.4 is 10.1 Å². The molecule has 4 aromatic rings. The first-order valence-corrected chi connectivity index (χ1v) is 10.2. The van der Waals surface area contributed by atoms with Crippen LogP contribution in [0.3, 0.4) is 0 Å². The maximum Gasteiger partial charge on any atom is 0.344 e. The van der Waals surface area contributed by atoms with Crippen LogP contribution in [0.1, 0.15) is 25.5 Å². The molecule has 31 heavy (non-hydrogen) atoms. The van der Waals surface area contributed by atoms with Gasteiger partial charge < -0.3 is 19.8 Å². The number of esters is 1. The van der Waals surface area contributed by atoms with Crippen LogP contribution >= 0.6 is 0 Å². The van der Waals surface area contributed by atoms with E-state index in [2.05, 4.69) is 39.3 Å². The van der Waals surface area contributed by atoms with Crippen LogP contribution in [0.5, 0.6) is 5.75 Å². The Bertz CT molecular complexity index is 1160. The third-order valence-electron chi connectivity index (χ3n) is 4.91. The second kappa shape index (κ2) is 9.30. The van der Waals surface area contributed by atoms with Crippen molar-refractivity contribution in [2.45, 2.75) is 19.9 Å². The van der Waals surface area contributed by atoms with E-state index in [1.54, 1.807) is 13.3 Å². The molecule has 0 saturated carbocycles. The van der Waals surface area contributed by atoms with Crippen molar-refractivity contribution in [2.75, 3.05) is 18.5 Å². The number of nitrogens with zero attached hydrogens (tertiary/aromatic N) is 2. The highest BCUT2D eigenvalue weighted by atomic mass is 16.6. The highest BCUT2D eigenvalue weighted by Crippen LogP contribution is 2.29. The Morgan fingerprint density at radius 2 is 1.87 bits per heavy atom. The predicted octanol–water partition coefficient (Wildman–Crippen LogP) is 4.74. The lowest BCUT2D eigenvalue weighted by atomic mass is 10.1. The van der Waals surface area contributed by atoms with Gasteiger partial charge in [0.2, 0.25) is 0 Å². The Morgan fingerprint density at radius 3 is 2.61 bits per heavy atom. The standard InChI is InChI=1S/C24H24N4O3/c1-3-30-22(29)14-31-19-11-9-18(10-12-19)21-13-20-23(25-15-26-24(20)28-21)27-16(2)17-7-5-4-6-8-17/h4-13,15-16H,3,14H2,1-2H3,(H2,25,26,27,28). The van der Waals surface area contributed by atoms with Gasteiger partial charge >= 0.3 is 5.97 Å². The van der Waals surface area contributed by atoms with E-state index in [1.807, 2.05) is 48.5 Å². The molecule has 7 heteroatoms. The van der Waals surface area contributed by atoms with Crippen molar-refractivity contribution in [3.8, 4) is 17.0 Å². The third kappa shape index (κ3) is 4.83.